The molecule has 138 valence electrons. The van der Waals surface area contributed by atoms with Gasteiger partial charge in [0, 0.05) is 6.04 Å². The average molecular weight is 365 g/mol. The lowest BCUT2D eigenvalue weighted by Crippen LogP contribution is -2.09. The number of aromatic nitrogens is 4. The summed E-state index contributed by atoms with van der Waals surface area (Å²) in [5.41, 5.74) is 3.30. The van der Waals surface area contributed by atoms with Crippen molar-refractivity contribution in [2.45, 2.75) is 32.7 Å². The smallest absolute Gasteiger partial charge is 0.329 e. The van der Waals surface area contributed by atoms with Crippen molar-refractivity contribution in [3.05, 3.63) is 58.0 Å². The van der Waals surface area contributed by atoms with Gasteiger partial charge in [0.1, 0.15) is 6.20 Å². The molecule has 0 amide bonds. The molecule has 1 fully saturated rings. The number of para-hydroxylation sites is 1. The number of aryl methyl sites for hydroxylation is 1. The maximum absolute atomic E-state index is 11.2. The van der Waals surface area contributed by atoms with Crippen molar-refractivity contribution in [1.29, 1.82) is 0 Å². The third-order valence-electron chi connectivity index (χ3n) is 4.41. The first kappa shape index (κ1) is 17.0. The normalized spacial score (nSPS) is 13.4. The summed E-state index contributed by atoms with van der Waals surface area (Å²) in [5, 5.41) is 22.1. The Labute approximate surface area is 155 Å². The van der Waals surface area contributed by atoms with E-state index < -0.39 is 4.92 Å². The first-order valence-corrected chi connectivity index (χ1v) is 8.69. The maximum atomic E-state index is 11.2. The van der Waals surface area contributed by atoms with E-state index in [0.29, 0.717) is 5.95 Å². The van der Waals surface area contributed by atoms with Gasteiger partial charge in [0.2, 0.25) is 11.8 Å². The highest BCUT2D eigenvalue weighted by Crippen LogP contribution is 2.31. The van der Waals surface area contributed by atoms with Crippen LogP contribution in [0.25, 0.3) is 5.69 Å². The van der Waals surface area contributed by atoms with Gasteiger partial charge in [-0.1, -0.05) is 18.2 Å². The van der Waals surface area contributed by atoms with Gasteiger partial charge in [-0.15, -0.1) is 0 Å². The molecule has 0 bridgehead atoms. The molecule has 0 saturated heterocycles. The molecule has 0 atom stereocenters. The standard InChI is InChI=1S/C18H19N7O2/c1-11-16(12(2)24(23-11)14-6-4-3-5-7-14)21-18-19-10-15(25(26)27)17(22-18)20-13-8-9-13/h3-7,10,13H,8-9H2,1-2H3,(H2,19,20,21,22). The minimum absolute atomic E-state index is 0.124. The third kappa shape index (κ3) is 3.43. The second kappa shape index (κ2) is 6.67. The van der Waals surface area contributed by atoms with Crippen LogP contribution in [0.1, 0.15) is 24.2 Å². The number of nitrogens with zero attached hydrogens (tertiary/aromatic N) is 5. The second-order valence-corrected chi connectivity index (χ2v) is 6.52. The van der Waals surface area contributed by atoms with Crippen molar-refractivity contribution in [2.24, 2.45) is 0 Å². The average Bonchev–Trinajstić information content (AvgIpc) is 3.43. The first-order chi connectivity index (χ1) is 13.0. The van der Waals surface area contributed by atoms with Crippen LogP contribution in [-0.2, 0) is 0 Å². The summed E-state index contributed by atoms with van der Waals surface area (Å²) in [5.74, 6) is 0.535. The van der Waals surface area contributed by atoms with E-state index in [2.05, 4.69) is 25.7 Å². The molecule has 9 nitrogen and oxygen atoms in total. The lowest BCUT2D eigenvalue weighted by molar-refractivity contribution is -0.384. The molecule has 0 spiro atoms. The molecule has 0 unspecified atom stereocenters. The van der Waals surface area contributed by atoms with Crippen LogP contribution in [-0.4, -0.2) is 30.7 Å². The number of anilines is 3. The predicted octanol–water partition coefficient (Wildman–Crippen LogP) is 3.51. The Morgan fingerprint density at radius 1 is 1.22 bits per heavy atom. The summed E-state index contributed by atoms with van der Waals surface area (Å²) >= 11 is 0. The number of nitro groups is 1. The number of benzene rings is 1. The Bertz CT molecular complexity index is 996. The van der Waals surface area contributed by atoms with Crippen LogP contribution in [0.2, 0.25) is 0 Å². The molecule has 1 aromatic carbocycles. The molecule has 0 radical (unpaired) electrons. The fourth-order valence-electron chi connectivity index (χ4n) is 2.85. The van der Waals surface area contributed by atoms with E-state index in [1.165, 1.54) is 6.20 Å². The maximum Gasteiger partial charge on any atom is 0.329 e. The highest BCUT2D eigenvalue weighted by molar-refractivity contribution is 5.64. The van der Waals surface area contributed by atoms with Gasteiger partial charge in [-0.05, 0) is 38.8 Å². The fraction of sp³-hybridized carbons (Fsp3) is 0.278. The minimum Gasteiger partial charge on any atom is -0.361 e. The van der Waals surface area contributed by atoms with Crippen molar-refractivity contribution in [3.8, 4) is 5.69 Å². The Morgan fingerprint density at radius 2 is 1.96 bits per heavy atom. The van der Waals surface area contributed by atoms with Crippen molar-refractivity contribution in [3.63, 3.8) is 0 Å². The van der Waals surface area contributed by atoms with Crippen molar-refractivity contribution >= 4 is 23.1 Å². The van der Waals surface area contributed by atoms with Gasteiger partial charge in [0.25, 0.3) is 0 Å². The van der Waals surface area contributed by atoms with Crippen LogP contribution < -0.4 is 10.6 Å². The predicted molar refractivity (Wildman–Crippen MR) is 102 cm³/mol. The number of hydrogen-bond donors (Lipinski definition) is 2. The zero-order valence-electron chi connectivity index (χ0n) is 15.0. The molecule has 2 N–H and O–H groups in total. The Hall–Kier alpha value is -3.49. The summed E-state index contributed by atoms with van der Waals surface area (Å²) in [6.45, 7) is 3.84. The monoisotopic (exact) mass is 365 g/mol. The van der Waals surface area contributed by atoms with Crippen LogP contribution in [0, 0.1) is 24.0 Å². The first-order valence-electron chi connectivity index (χ1n) is 8.69. The highest BCUT2D eigenvalue weighted by atomic mass is 16.6. The molecular formula is C18H19N7O2. The van der Waals surface area contributed by atoms with E-state index in [1.807, 2.05) is 48.9 Å². The van der Waals surface area contributed by atoms with Gasteiger partial charge in [-0.2, -0.15) is 10.1 Å². The Balaban J connectivity index is 1.66. The molecule has 0 aliphatic heterocycles. The third-order valence-corrected chi connectivity index (χ3v) is 4.41. The molecule has 2 aromatic heterocycles. The van der Waals surface area contributed by atoms with Gasteiger partial charge < -0.3 is 10.6 Å². The minimum atomic E-state index is -0.474. The highest BCUT2D eigenvalue weighted by Gasteiger charge is 2.27. The summed E-state index contributed by atoms with van der Waals surface area (Å²) in [6.07, 6.45) is 3.21. The zero-order valence-corrected chi connectivity index (χ0v) is 15.0. The molecule has 1 aliphatic carbocycles. The van der Waals surface area contributed by atoms with Crippen LogP contribution in [0.4, 0.5) is 23.1 Å². The zero-order chi connectivity index (χ0) is 19.0. The molecule has 1 saturated carbocycles. The second-order valence-electron chi connectivity index (χ2n) is 6.52. The van der Waals surface area contributed by atoms with E-state index in [4.69, 9.17) is 0 Å². The number of rotatable bonds is 6. The Morgan fingerprint density at radius 3 is 2.63 bits per heavy atom. The molecule has 9 heteroatoms. The molecule has 4 rings (SSSR count). The largest absolute Gasteiger partial charge is 0.361 e. The number of hydrogen-bond acceptors (Lipinski definition) is 7. The van der Waals surface area contributed by atoms with Gasteiger partial charge >= 0.3 is 5.69 Å². The molecule has 3 aromatic rings. The fourth-order valence-corrected chi connectivity index (χ4v) is 2.85. The van der Waals surface area contributed by atoms with Gasteiger partial charge in [0.15, 0.2) is 0 Å². The van der Waals surface area contributed by atoms with E-state index in [9.17, 15) is 10.1 Å². The van der Waals surface area contributed by atoms with Crippen molar-refractivity contribution < 1.29 is 4.92 Å². The Kier molecular flexibility index (Phi) is 4.19. The lowest BCUT2D eigenvalue weighted by atomic mass is 10.3. The van der Waals surface area contributed by atoms with E-state index in [-0.39, 0.29) is 17.5 Å². The van der Waals surface area contributed by atoms with Crippen LogP contribution >= 0.6 is 0 Å². The van der Waals surface area contributed by atoms with Crippen molar-refractivity contribution in [1.82, 2.24) is 19.7 Å². The van der Waals surface area contributed by atoms with Crippen LogP contribution in [0.5, 0.6) is 0 Å². The van der Waals surface area contributed by atoms with E-state index in [1.54, 1.807) is 0 Å². The summed E-state index contributed by atoms with van der Waals surface area (Å²) in [6, 6.07) is 10.1. The molecule has 27 heavy (non-hydrogen) atoms. The summed E-state index contributed by atoms with van der Waals surface area (Å²) in [4.78, 5) is 19.2. The van der Waals surface area contributed by atoms with Crippen LogP contribution in [0.15, 0.2) is 36.5 Å². The summed E-state index contributed by atoms with van der Waals surface area (Å²) < 4.78 is 1.84. The van der Waals surface area contributed by atoms with E-state index in [0.717, 1.165) is 35.6 Å². The topological polar surface area (TPSA) is 111 Å². The number of nitrogens with one attached hydrogen (secondary N) is 2. The lowest BCUT2D eigenvalue weighted by Gasteiger charge is -2.09. The molecular weight excluding hydrogens is 346 g/mol. The quantitative estimate of drug-likeness (QED) is 0.508. The molecule has 2 heterocycles. The van der Waals surface area contributed by atoms with Gasteiger partial charge in [-0.3, -0.25) is 10.1 Å². The SMILES string of the molecule is Cc1nn(-c2ccccc2)c(C)c1Nc1ncc([N+](=O)[O-])c(NC2CC2)n1. The van der Waals surface area contributed by atoms with Gasteiger partial charge in [0.05, 0.1) is 27.7 Å². The van der Waals surface area contributed by atoms with Gasteiger partial charge in [-0.25, -0.2) is 9.67 Å². The summed E-state index contributed by atoms with van der Waals surface area (Å²) in [7, 11) is 0. The molecule has 1 aliphatic rings. The van der Waals surface area contributed by atoms with E-state index >= 15 is 0 Å². The van der Waals surface area contributed by atoms with Crippen molar-refractivity contribution in [2.75, 3.05) is 10.6 Å². The van der Waals surface area contributed by atoms with Crippen LogP contribution in [0.3, 0.4) is 0 Å².